The van der Waals surface area contributed by atoms with Gasteiger partial charge in [0.1, 0.15) is 10.6 Å². The summed E-state index contributed by atoms with van der Waals surface area (Å²) in [5.41, 5.74) is 0.0405. The van der Waals surface area contributed by atoms with E-state index in [1.807, 2.05) is 0 Å². The average Bonchev–Trinajstić information content (AvgIpc) is 2.28. The van der Waals surface area contributed by atoms with Crippen LogP contribution < -0.4 is 5.32 Å². The normalized spacial score (nSPS) is 17.8. The van der Waals surface area contributed by atoms with Crippen molar-refractivity contribution in [3.63, 3.8) is 0 Å². The standard InChI is InChI=1S/C11H13BrF3N3.2ClH/c12-9-3-1-2-8(17-9)10(11(13,14)15)18-6-4-16-5-7-18;;/h1-3,10,16H,4-7H2;2*1H/t10-;;/m1../s1. The molecular weight excluding hydrogens is 382 g/mol. The Hall–Kier alpha value is -0.0800. The number of hydrogen-bond acceptors (Lipinski definition) is 3. The van der Waals surface area contributed by atoms with E-state index in [0.29, 0.717) is 30.8 Å². The van der Waals surface area contributed by atoms with Crippen molar-refractivity contribution in [1.82, 2.24) is 15.2 Å². The third-order valence-electron chi connectivity index (χ3n) is 2.84. The van der Waals surface area contributed by atoms with Crippen LogP contribution in [-0.2, 0) is 0 Å². The molecule has 0 aliphatic carbocycles. The van der Waals surface area contributed by atoms with E-state index in [1.165, 1.54) is 11.0 Å². The molecule has 1 aromatic heterocycles. The fourth-order valence-electron chi connectivity index (χ4n) is 2.08. The van der Waals surface area contributed by atoms with Crippen molar-refractivity contribution < 1.29 is 13.2 Å². The Morgan fingerprint density at radius 1 is 1.20 bits per heavy atom. The minimum absolute atomic E-state index is 0. The van der Waals surface area contributed by atoms with Crippen molar-refractivity contribution in [2.24, 2.45) is 0 Å². The summed E-state index contributed by atoms with van der Waals surface area (Å²) >= 11 is 3.11. The molecule has 0 aromatic carbocycles. The first kappa shape index (κ1) is 19.9. The number of nitrogens with zero attached hydrogens (tertiary/aromatic N) is 2. The summed E-state index contributed by atoms with van der Waals surface area (Å²) in [7, 11) is 0. The van der Waals surface area contributed by atoms with Gasteiger partial charge in [-0.2, -0.15) is 13.2 Å². The monoisotopic (exact) mass is 395 g/mol. The van der Waals surface area contributed by atoms with Crippen LogP contribution in [0.25, 0.3) is 0 Å². The number of hydrogen-bond donors (Lipinski definition) is 1. The maximum atomic E-state index is 13.2. The molecule has 1 atom stereocenters. The summed E-state index contributed by atoms with van der Waals surface area (Å²) in [6, 6.07) is 2.99. The van der Waals surface area contributed by atoms with Crippen LogP contribution in [0.2, 0.25) is 0 Å². The Morgan fingerprint density at radius 3 is 2.30 bits per heavy atom. The van der Waals surface area contributed by atoms with E-state index < -0.39 is 12.2 Å². The van der Waals surface area contributed by atoms with Crippen molar-refractivity contribution in [3.05, 3.63) is 28.5 Å². The van der Waals surface area contributed by atoms with Crippen LogP contribution in [-0.4, -0.2) is 42.2 Å². The van der Waals surface area contributed by atoms with Gasteiger partial charge >= 0.3 is 6.18 Å². The first-order chi connectivity index (χ1) is 8.48. The molecule has 0 saturated carbocycles. The van der Waals surface area contributed by atoms with Crippen molar-refractivity contribution in [1.29, 1.82) is 0 Å². The molecule has 1 aliphatic rings. The molecule has 1 fully saturated rings. The maximum absolute atomic E-state index is 13.2. The van der Waals surface area contributed by atoms with Crippen LogP contribution in [0.1, 0.15) is 11.7 Å². The smallest absolute Gasteiger partial charge is 0.314 e. The van der Waals surface area contributed by atoms with Gasteiger partial charge in [-0.25, -0.2) is 4.98 Å². The van der Waals surface area contributed by atoms with Crippen molar-refractivity contribution in [3.8, 4) is 0 Å². The van der Waals surface area contributed by atoms with E-state index in [0.717, 1.165) is 0 Å². The largest absolute Gasteiger partial charge is 0.409 e. The number of piperazine rings is 1. The van der Waals surface area contributed by atoms with Crippen LogP contribution in [0.5, 0.6) is 0 Å². The lowest BCUT2D eigenvalue weighted by molar-refractivity contribution is -0.188. The lowest BCUT2D eigenvalue weighted by atomic mass is 10.1. The Bertz CT molecular complexity index is 414. The van der Waals surface area contributed by atoms with Crippen molar-refractivity contribution >= 4 is 40.7 Å². The van der Waals surface area contributed by atoms with Gasteiger partial charge in [0.15, 0.2) is 0 Å². The fraction of sp³-hybridized carbons (Fsp3) is 0.545. The first-order valence-corrected chi connectivity index (χ1v) is 6.42. The zero-order valence-electron chi connectivity index (χ0n) is 10.4. The van der Waals surface area contributed by atoms with Gasteiger partial charge in [0.2, 0.25) is 0 Å². The van der Waals surface area contributed by atoms with Gasteiger partial charge in [-0.15, -0.1) is 24.8 Å². The van der Waals surface area contributed by atoms with E-state index in [-0.39, 0.29) is 30.5 Å². The van der Waals surface area contributed by atoms with Crippen LogP contribution >= 0.6 is 40.7 Å². The van der Waals surface area contributed by atoms with Crippen LogP contribution in [0.15, 0.2) is 22.8 Å². The molecule has 20 heavy (non-hydrogen) atoms. The van der Waals surface area contributed by atoms with Crippen LogP contribution in [0.4, 0.5) is 13.2 Å². The summed E-state index contributed by atoms with van der Waals surface area (Å²) in [6.07, 6.45) is -4.31. The molecule has 1 N–H and O–H groups in total. The summed E-state index contributed by atoms with van der Waals surface area (Å²) in [5, 5.41) is 3.05. The molecule has 0 spiro atoms. The molecule has 116 valence electrons. The first-order valence-electron chi connectivity index (χ1n) is 5.62. The fourth-order valence-corrected chi connectivity index (χ4v) is 2.44. The zero-order chi connectivity index (χ0) is 13.2. The number of alkyl halides is 3. The summed E-state index contributed by atoms with van der Waals surface area (Å²) < 4.78 is 40.0. The molecule has 3 nitrogen and oxygen atoms in total. The van der Waals surface area contributed by atoms with E-state index in [4.69, 9.17) is 0 Å². The zero-order valence-corrected chi connectivity index (χ0v) is 13.6. The lowest BCUT2D eigenvalue weighted by Crippen LogP contribution is -2.49. The molecule has 0 unspecified atom stereocenters. The number of pyridine rings is 1. The number of aromatic nitrogens is 1. The molecule has 0 bridgehead atoms. The van der Waals surface area contributed by atoms with Crippen molar-refractivity contribution in [2.75, 3.05) is 26.2 Å². The van der Waals surface area contributed by atoms with Crippen LogP contribution in [0, 0.1) is 0 Å². The Morgan fingerprint density at radius 2 is 1.80 bits per heavy atom. The Balaban J connectivity index is 0.00000180. The van der Waals surface area contributed by atoms with Crippen LogP contribution in [0.3, 0.4) is 0 Å². The summed E-state index contributed by atoms with van der Waals surface area (Å²) in [4.78, 5) is 5.37. The van der Waals surface area contributed by atoms with Gasteiger partial charge in [0.25, 0.3) is 0 Å². The van der Waals surface area contributed by atoms with E-state index in [9.17, 15) is 13.2 Å². The second kappa shape index (κ2) is 8.38. The minimum Gasteiger partial charge on any atom is -0.314 e. The Labute approximate surface area is 136 Å². The molecule has 0 amide bonds. The molecule has 2 heterocycles. The number of rotatable bonds is 2. The second-order valence-corrected chi connectivity index (χ2v) is 4.93. The van der Waals surface area contributed by atoms with Gasteiger partial charge in [-0.3, -0.25) is 4.90 Å². The summed E-state index contributed by atoms with van der Waals surface area (Å²) in [6.45, 7) is 1.89. The summed E-state index contributed by atoms with van der Waals surface area (Å²) in [5.74, 6) is 0. The van der Waals surface area contributed by atoms with E-state index >= 15 is 0 Å². The predicted molar refractivity (Wildman–Crippen MR) is 79.7 cm³/mol. The molecule has 9 heteroatoms. The molecule has 1 aliphatic heterocycles. The van der Waals surface area contributed by atoms with Gasteiger partial charge < -0.3 is 5.32 Å². The number of halogens is 6. The van der Waals surface area contributed by atoms with E-state index in [2.05, 4.69) is 26.2 Å². The highest BCUT2D eigenvalue weighted by molar-refractivity contribution is 9.10. The minimum atomic E-state index is -4.31. The highest BCUT2D eigenvalue weighted by Crippen LogP contribution is 2.37. The quantitative estimate of drug-likeness (QED) is 0.778. The molecule has 2 rings (SSSR count). The molecule has 0 radical (unpaired) electrons. The number of nitrogens with one attached hydrogen (secondary N) is 1. The second-order valence-electron chi connectivity index (χ2n) is 4.12. The SMILES string of the molecule is Cl.Cl.FC(F)(F)[C@@H](c1cccc(Br)n1)N1CCNCC1. The third kappa shape index (κ3) is 5.04. The highest BCUT2D eigenvalue weighted by Gasteiger charge is 2.45. The third-order valence-corrected chi connectivity index (χ3v) is 3.29. The Kier molecular flexibility index (Phi) is 8.35. The lowest BCUT2D eigenvalue weighted by Gasteiger charge is -2.35. The topological polar surface area (TPSA) is 28.2 Å². The average molecular weight is 397 g/mol. The van der Waals surface area contributed by atoms with Gasteiger partial charge in [0.05, 0.1) is 5.69 Å². The van der Waals surface area contributed by atoms with Gasteiger partial charge in [-0.05, 0) is 28.1 Å². The van der Waals surface area contributed by atoms with E-state index in [1.54, 1.807) is 12.1 Å². The van der Waals surface area contributed by atoms with Crippen molar-refractivity contribution in [2.45, 2.75) is 12.2 Å². The maximum Gasteiger partial charge on any atom is 0.409 e. The van der Waals surface area contributed by atoms with Gasteiger partial charge in [0, 0.05) is 26.2 Å². The molecule has 1 aromatic rings. The highest BCUT2D eigenvalue weighted by atomic mass is 79.9. The predicted octanol–water partition coefficient (Wildman–Crippen LogP) is 3.20. The molecular formula is C11H15BrCl2F3N3. The van der Waals surface area contributed by atoms with Gasteiger partial charge in [-0.1, -0.05) is 6.07 Å². The molecule has 1 saturated heterocycles.